The first-order valence-electron chi connectivity index (χ1n) is 5.99. The summed E-state index contributed by atoms with van der Waals surface area (Å²) in [6.45, 7) is 1.43. The van der Waals surface area contributed by atoms with Gasteiger partial charge in [-0.05, 0) is 12.5 Å². The van der Waals surface area contributed by atoms with E-state index in [1.54, 1.807) is 12.1 Å². The van der Waals surface area contributed by atoms with Crippen LogP contribution in [0.3, 0.4) is 0 Å². The summed E-state index contributed by atoms with van der Waals surface area (Å²) < 4.78 is 38.7. The van der Waals surface area contributed by atoms with Gasteiger partial charge in [0.25, 0.3) is 0 Å². The van der Waals surface area contributed by atoms with Crippen LogP contribution in [0.5, 0.6) is 0 Å². The highest BCUT2D eigenvalue weighted by atomic mass is 19.4. The number of hydrogen-bond donors (Lipinski definition) is 1. The summed E-state index contributed by atoms with van der Waals surface area (Å²) in [4.78, 5) is 12.4. The van der Waals surface area contributed by atoms with Crippen LogP contribution in [-0.2, 0) is 11.3 Å². The van der Waals surface area contributed by atoms with Gasteiger partial charge in [0.1, 0.15) is 6.04 Å². The molecule has 1 unspecified atom stereocenters. The average molecular weight is 272 g/mol. The number of nitrogens with zero attached hydrogens (tertiary/aromatic N) is 1. The molecule has 2 rings (SSSR count). The van der Waals surface area contributed by atoms with E-state index in [4.69, 9.17) is 0 Å². The first kappa shape index (κ1) is 13.9. The van der Waals surface area contributed by atoms with E-state index in [1.165, 1.54) is 4.90 Å². The number of aryl methyl sites for hydroxylation is 1. The molecule has 0 radical (unpaired) electrons. The average Bonchev–Trinajstić information content (AvgIpc) is 2.30. The number of hydrogen-bond acceptors (Lipinski definition) is 2. The smallest absolute Gasteiger partial charge is 0.353 e. The van der Waals surface area contributed by atoms with E-state index in [9.17, 15) is 18.0 Å². The molecule has 1 amide bonds. The zero-order chi connectivity index (χ0) is 14.0. The molecule has 19 heavy (non-hydrogen) atoms. The minimum Gasteiger partial charge on any atom is -0.353 e. The fourth-order valence-electron chi connectivity index (χ4n) is 2.11. The van der Waals surface area contributed by atoms with Gasteiger partial charge in [-0.25, -0.2) is 0 Å². The summed E-state index contributed by atoms with van der Waals surface area (Å²) in [6, 6.07) is 5.65. The second kappa shape index (κ2) is 5.21. The summed E-state index contributed by atoms with van der Waals surface area (Å²) in [5.74, 6) is -0.368. The lowest BCUT2D eigenvalue weighted by Gasteiger charge is -2.36. The number of benzene rings is 1. The lowest BCUT2D eigenvalue weighted by atomic mass is 10.1. The molecular formula is C13H15F3N2O. The number of carbonyl (C=O) groups excluding carboxylic acids is 1. The van der Waals surface area contributed by atoms with Gasteiger partial charge in [0, 0.05) is 13.1 Å². The van der Waals surface area contributed by atoms with Crippen molar-refractivity contribution in [3.63, 3.8) is 0 Å². The molecule has 0 saturated carbocycles. The highest BCUT2D eigenvalue weighted by Gasteiger charge is 2.46. The van der Waals surface area contributed by atoms with Crippen LogP contribution in [0.4, 0.5) is 13.2 Å². The van der Waals surface area contributed by atoms with E-state index in [0.29, 0.717) is 0 Å². The number of carbonyl (C=O) groups is 1. The summed E-state index contributed by atoms with van der Waals surface area (Å²) in [5.41, 5.74) is 1.82. The lowest BCUT2D eigenvalue weighted by Crippen LogP contribution is -2.59. The Morgan fingerprint density at radius 1 is 1.32 bits per heavy atom. The third-order valence-electron chi connectivity index (χ3n) is 3.16. The zero-order valence-corrected chi connectivity index (χ0v) is 10.5. The van der Waals surface area contributed by atoms with Gasteiger partial charge in [-0.1, -0.05) is 29.8 Å². The molecule has 0 spiro atoms. The van der Waals surface area contributed by atoms with Crippen LogP contribution in [-0.4, -0.2) is 36.1 Å². The molecule has 1 N–H and O–H groups in total. The summed E-state index contributed by atoms with van der Waals surface area (Å²) >= 11 is 0. The highest BCUT2D eigenvalue weighted by molar-refractivity contribution is 5.78. The van der Waals surface area contributed by atoms with Crippen LogP contribution in [0.15, 0.2) is 24.3 Å². The molecule has 1 saturated heterocycles. The molecule has 1 aliphatic heterocycles. The van der Waals surface area contributed by atoms with Gasteiger partial charge >= 0.3 is 6.18 Å². The molecule has 0 aromatic heterocycles. The highest BCUT2D eigenvalue weighted by Crippen LogP contribution is 2.27. The van der Waals surface area contributed by atoms with Gasteiger partial charge in [-0.3, -0.25) is 9.69 Å². The molecule has 104 valence electrons. The second-order valence-electron chi connectivity index (χ2n) is 4.75. The van der Waals surface area contributed by atoms with Crippen LogP contribution in [0.25, 0.3) is 0 Å². The van der Waals surface area contributed by atoms with Crippen LogP contribution in [0.1, 0.15) is 11.1 Å². The van der Waals surface area contributed by atoms with Gasteiger partial charge in [0.05, 0.1) is 6.54 Å². The van der Waals surface area contributed by atoms with E-state index in [2.05, 4.69) is 5.32 Å². The van der Waals surface area contributed by atoms with Crippen molar-refractivity contribution in [1.29, 1.82) is 0 Å². The Hall–Kier alpha value is -1.56. The second-order valence-corrected chi connectivity index (χ2v) is 4.75. The Kier molecular flexibility index (Phi) is 3.80. The Labute approximate surface area is 109 Å². The fourth-order valence-corrected chi connectivity index (χ4v) is 2.11. The molecule has 3 nitrogen and oxygen atoms in total. The van der Waals surface area contributed by atoms with Crippen LogP contribution >= 0.6 is 0 Å². The predicted molar refractivity (Wildman–Crippen MR) is 64.4 cm³/mol. The zero-order valence-electron chi connectivity index (χ0n) is 10.5. The monoisotopic (exact) mass is 272 g/mol. The van der Waals surface area contributed by atoms with E-state index < -0.39 is 12.2 Å². The molecule has 0 aliphatic carbocycles. The number of piperazine rings is 1. The van der Waals surface area contributed by atoms with E-state index in [-0.39, 0.29) is 25.5 Å². The summed E-state index contributed by atoms with van der Waals surface area (Å²) in [7, 11) is 0. The molecule has 1 heterocycles. The maximum Gasteiger partial charge on any atom is 0.405 e. The van der Waals surface area contributed by atoms with Crippen molar-refractivity contribution in [2.24, 2.45) is 0 Å². The maximum atomic E-state index is 12.9. The minimum absolute atomic E-state index is 0.123. The Balaban J connectivity index is 2.14. The molecule has 1 fully saturated rings. The van der Waals surface area contributed by atoms with Gasteiger partial charge in [-0.15, -0.1) is 0 Å². The standard InChI is InChI=1S/C13H15F3N2O/c1-9-2-4-10(5-3-9)7-18-8-12(19)17-6-11(18)13(14,15)16/h2-5,11H,6-8H2,1H3,(H,17,19). The molecule has 1 aromatic carbocycles. The van der Waals surface area contributed by atoms with E-state index in [1.807, 2.05) is 19.1 Å². The third-order valence-corrected chi connectivity index (χ3v) is 3.16. The van der Waals surface area contributed by atoms with Gasteiger partial charge in [-0.2, -0.15) is 13.2 Å². The third kappa shape index (κ3) is 3.47. The number of halogens is 3. The SMILES string of the molecule is Cc1ccc(CN2CC(=O)NCC2C(F)(F)F)cc1. The van der Waals surface area contributed by atoms with Crippen molar-refractivity contribution >= 4 is 5.91 Å². The van der Waals surface area contributed by atoms with Crippen LogP contribution in [0, 0.1) is 6.92 Å². The molecule has 0 bridgehead atoms. The Morgan fingerprint density at radius 3 is 2.53 bits per heavy atom. The number of alkyl halides is 3. The summed E-state index contributed by atoms with van der Waals surface area (Å²) in [5, 5.41) is 2.26. The van der Waals surface area contributed by atoms with Crippen LogP contribution in [0.2, 0.25) is 0 Å². The first-order valence-corrected chi connectivity index (χ1v) is 5.99. The molecule has 1 aromatic rings. The number of amides is 1. The van der Waals surface area contributed by atoms with E-state index >= 15 is 0 Å². The van der Waals surface area contributed by atoms with Crippen molar-refractivity contribution in [3.05, 3.63) is 35.4 Å². The van der Waals surface area contributed by atoms with Crippen molar-refractivity contribution in [1.82, 2.24) is 10.2 Å². The summed E-state index contributed by atoms with van der Waals surface area (Å²) in [6.07, 6.45) is -4.33. The molecule has 1 atom stereocenters. The van der Waals surface area contributed by atoms with E-state index in [0.717, 1.165) is 11.1 Å². The first-order chi connectivity index (χ1) is 8.86. The van der Waals surface area contributed by atoms with Crippen molar-refractivity contribution in [2.45, 2.75) is 25.7 Å². The Morgan fingerprint density at radius 2 is 1.95 bits per heavy atom. The van der Waals surface area contributed by atoms with Crippen molar-refractivity contribution < 1.29 is 18.0 Å². The van der Waals surface area contributed by atoms with Crippen LogP contribution < -0.4 is 5.32 Å². The normalized spacial score (nSPS) is 21.3. The van der Waals surface area contributed by atoms with Gasteiger partial charge < -0.3 is 5.32 Å². The quantitative estimate of drug-likeness (QED) is 0.891. The molecule has 1 aliphatic rings. The van der Waals surface area contributed by atoms with Crippen molar-refractivity contribution in [2.75, 3.05) is 13.1 Å². The largest absolute Gasteiger partial charge is 0.405 e. The molecule has 6 heteroatoms. The predicted octanol–water partition coefficient (Wildman–Crippen LogP) is 1.86. The number of nitrogens with one attached hydrogen (secondary N) is 1. The minimum atomic E-state index is -4.33. The van der Waals surface area contributed by atoms with Crippen molar-refractivity contribution in [3.8, 4) is 0 Å². The molecular weight excluding hydrogens is 257 g/mol. The van der Waals surface area contributed by atoms with Gasteiger partial charge in [0.2, 0.25) is 5.91 Å². The topological polar surface area (TPSA) is 32.3 Å². The maximum absolute atomic E-state index is 12.9. The number of rotatable bonds is 2. The van der Waals surface area contributed by atoms with Gasteiger partial charge in [0.15, 0.2) is 0 Å². The Bertz CT molecular complexity index is 456. The lowest BCUT2D eigenvalue weighted by molar-refractivity contribution is -0.190. The fraction of sp³-hybridized carbons (Fsp3) is 0.462.